The first-order valence-corrected chi connectivity index (χ1v) is 9.42. The molecule has 13 heteroatoms. The van der Waals surface area contributed by atoms with E-state index in [1.807, 2.05) is 5.32 Å². The molecule has 174 valence electrons. The van der Waals surface area contributed by atoms with Crippen molar-refractivity contribution < 1.29 is 36.2 Å². The lowest BCUT2D eigenvalue weighted by atomic mass is 10.1. The van der Waals surface area contributed by atoms with E-state index < -0.39 is 36.5 Å². The Balaban J connectivity index is 1.75. The minimum Gasteiger partial charge on any atom is -0.382 e. The molecular weight excluding hydrogens is 456 g/mol. The van der Waals surface area contributed by atoms with E-state index in [2.05, 4.69) is 10.3 Å². The third kappa shape index (κ3) is 4.11. The molecule has 7 nitrogen and oxygen atoms in total. The number of aromatic nitrogens is 4. The number of hydrogen-bond acceptors (Lipinski definition) is 4. The van der Waals surface area contributed by atoms with Gasteiger partial charge in [0.15, 0.2) is 11.8 Å². The van der Waals surface area contributed by atoms with Crippen molar-refractivity contribution in [3.8, 4) is 5.69 Å². The molecule has 33 heavy (non-hydrogen) atoms. The lowest BCUT2D eigenvalue weighted by Gasteiger charge is -2.15. The van der Waals surface area contributed by atoms with Crippen molar-refractivity contribution in [2.75, 3.05) is 6.54 Å². The van der Waals surface area contributed by atoms with E-state index in [4.69, 9.17) is 5.11 Å². The first-order chi connectivity index (χ1) is 15.4. The number of aliphatic hydroxyl groups excluding tert-OH is 1. The minimum atomic E-state index is -4.87. The smallest absolute Gasteiger partial charge is 0.382 e. The molecule has 0 aliphatic carbocycles. The standard InChI is InChI=1S/C20H15F6N5O2/c1-30-18-16(28-29-30)13-8-10(17(33)27-9-15(32)20(24,25)26)2-7-14(13)31(18)12-5-3-11(4-6-12)19(21,22)23/h2-8,15,32H,9H2,1H3,(H,27,33). The third-order valence-electron chi connectivity index (χ3n) is 5.05. The van der Waals surface area contributed by atoms with Crippen LogP contribution in [0.1, 0.15) is 15.9 Å². The average Bonchev–Trinajstić information content (AvgIpc) is 3.28. The van der Waals surface area contributed by atoms with E-state index in [9.17, 15) is 31.1 Å². The van der Waals surface area contributed by atoms with Crippen molar-refractivity contribution in [3.05, 3.63) is 53.6 Å². The average molecular weight is 471 g/mol. The van der Waals surface area contributed by atoms with Crippen molar-refractivity contribution in [2.24, 2.45) is 7.05 Å². The summed E-state index contributed by atoms with van der Waals surface area (Å²) in [7, 11) is 1.58. The van der Waals surface area contributed by atoms with Crippen LogP contribution in [0.15, 0.2) is 42.5 Å². The van der Waals surface area contributed by atoms with Gasteiger partial charge in [-0.25, -0.2) is 4.68 Å². The topological polar surface area (TPSA) is 85.0 Å². The number of nitrogens with zero attached hydrogens (tertiary/aromatic N) is 4. The Morgan fingerprint density at radius 3 is 2.36 bits per heavy atom. The van der Waals surface area contributed by atoms with Crippen LogP contribution in [0.3, 0.4) is 0 Å². The molecule has 0 bridgehead atoms. The summed E-state index contributed by atoms with van der Waals surface area (Å²) in [6.45, 7) is -1.02. The number of aryl methyl sites for hydroxylation is 1. The van der Waals surface area contributed by atoms with E-state index in [-0.39, 0.29) is 5.56 Å². The Bertz CT molecular complexity index is 1340. The number of alkyl halides is 6. The molecule has 1 atom stereocenters. The molecule has 4 rings (SSSR count). The molecule has 2 aromatic heterocycles. The Labute approximate surface area is 181 Å². The normalized spacial score (nSPS) is 13.6. The van der Waals surface area contributed by atoms with Crippen molar-refractivity contribution in [1.29, 1.82) is 0 Å². The highest BCUT2D eigenvalue weighted by Gasteiger charge is 2.38. The fourth-order valence-corrected chi connectivity index (χ4v) is 3.42. The Morgan fingerprint density at radius 2 is 1.76 bits per heavy atom. The summed E-state index contributed by atoms with van der Waals surface area (Å²) in [5, 5.41) is 19.5. The number of amides is 1. The molecule has 0 fully saturated rings. The van der Waals surface area contributed by atoms with Crippen LogP contribution in [-0.4, -0.2) is 49.4 Å². The van der Waals surface area contributed by atoms with Gasteiger partial charge < -0.3 is 10.4 Å². The zero-order chi connectivity index (χ0) is 24.1. The number of aliphatic hydroxyl groups is 1. The van der Waals surface area contributed by atoms with Crippen LogP contribution in [0.4, 0.5) is 26.3 Å². The van der Waals surface area contributed by atoms with Gasteiger partial charge in [-0.1, -0.05) is 5.21 Å². The quantitative estimate of drug-likeness (QED) is 0.446. The highest BCUT2D eigenvalue weighted by molar-refractivity contribution is 6.09. The number of rotatable bonds is 4. The Hall–Kier alpha value is -3.61. The van der Waals surface area contributed by atoms with Gasteiger partial charge in [0.05, 0.1) is 17.6 Å². The van der Waals surface area contributed by atoms with Gasteiger partial charge in [0.2, 0.25) is 0 Å². The van der Waals surface area contributed by atoms with E-state index in [0.29, 0.717) is 27.8 Å². The van der Waals surface area contributed by atoms with Crippen molar-refractivity contribution in [2.45, 2.75) is 18.5 Å². The van der Waals surface area contributed by atoms with Gasteiger partial charge in [-0.15, -0.1) is 5.10 Å². The Morgan fingerprint density at radius 1 is 1.09 bits per heavy atom. The van der Waals surface area contributed by atoms with Gasteiger partial charge in [-0.3, -0.25) is 9.36 Å². The maximum Gasteiger partial charge on any atom is 0.416 e. The summed E-state index contributed by atoms with van der Waals surface area (Å²) >= 11 is 0. The molecule has 0 radical (unpaired) electrons. The van der Waals surface area contributed by atoms with Crippen LogP contribution < -0.4 is 5.32 Å². The van der Waals surface area contributed by atoms with Crippen molar-refractivity contribution in [1.82, 2.24) is 24.9 Å². The molecule has 4 aromatic rings. The molecule has 2 N–H and O–H groups in total. The fourth-order valence-electron chi connectivity index (χ4n) is 3.42. The van der Waals surface area contributed by atoms with E-state index in [0.717, 1.165) is 12.1 Å². The number of carbonyl (C=O) groups is 1. The number of nitrogens with one attached hydrogen (secondary N) is 1. The summed E-state index contributed by atoms with van der Waals surface area (Å²) in [6, 6.07) is 8.69. The lowest BCUT2D eigenvalue weighted by molar-refractivity contribution is -0.201. The zero-order valence-electron chi connectivity index (χ0n) is 16.7. The van der Waals surface area contributed by atoms with E-state index in [1.165, 1.54) is 35.0 Å². The SMILES string of the molecule is Cn1nnc2c3cc(C(=O)NCC(O)C(F)(F)F)ccc3n(-c3ccc(C(F)(F)F)cc3)c21. The first kappa shape index (κ1) is 22.6. The number of halogens is 6. The van der Waals surface area contributed by atoms with Crippen LogP contribution >= 0.6 is 0 Å². The predicted octanol–water partition coefficient (Wildman–Crippen LogP) is 3.58. The molecule has 0 spiro atoms. The van der Waals surface area contributed by atoms with Crippen LogP contribution in [-0.2, 0) is 13.2 Å². The highest BCUT2D eigenvalue weighted by atomic mass is 19.4. The van der Waals surface area contributed by atoms with Crippen LogP contribution in [0.2, 0.25) is 0 Å². The van der Waals surface area contributed by atoms with E-state index in [1.54, 1.807) is 11.6 Å². The van der Waals surface area contributed by atoms with Gasteiger partial charge in [-0.2, -0.15) is 26.3 Å². The molecule has 0 aliphatic rings. The summed E-state index contributed by atoms with van der Waals surface area (Å²) in [5.74, 6) is -0.848. The predicted molar refractivity (Wildman–Crippen MR) is 105 cm³/mol. The number of hydrogen-bond donors (Lipinski definition) is 2. The molecule has 1 amide bonds. The first-order valence-electron chi connectivity index (χ1n) is 9.42. The zero-order valence-corrected chi connectivity index (χ0v) is 16.7. The highest BCUT2D eigenvalue weighted by Crippen LogP contribution is 2.33. The molecular formula is C20H15F6N5O2. The summed E-state index contributed by atoms with van der Waals surface area (Å²) in [4.78, 5) is 12.3. The second kappa shape index (κ2) is 7.76. The monoisotopic (exact) mass is 471 g/mol. The van der Waals surface area contributed by atoms with Gasteiger partial charge in [-0.05, 0) is 42.5 Å². The van der Waals surface area contributed by atoms with Crippen molar-refractivity contribution in [3.63, 3.8) is 0 Å². The Kier molecular flexibility index (Phi) is 5.31. The summed E-state index contributed by atoms with van der Waals surface area (Å²) < 4.78 is 79.2. The second-order valence-corrected chi connectivity index (χ2v) is 7.26. The lowest BCUT2D eigenvalue weighted by Crippen LogP contribution is -2.40. The molecule has 2 aromatic carbocycles. The number of carbonyl (C=O) groups excluding carboxylic acids is 1. The largest absolute Gasteiger partial charge is 0.416 e. The molecule has 2 heterocycles. The van der Waals surface area contributed by atoms with Crippen LogP contribution in [0.25, 0.3) is 27.8 Å². The summed E-state index contributed by atoms with van der Waals surface area (Å²) in [6.07, 6.45) is -12.1. The van der Waals surface area contributed by atoms with Crippen LogP contribution in [0, 0.1) is 0 Å². The second-order valence-electron chi connectivity index (χ2n) is 7.26. The maximum atomic E-state index is 12.9. The maximum absolute atomic E-state index is 12.9. The molecule has 0 saturated heterocycles. The van der Waals surface area contributed by atoms with Gasteiger partial charge in [0.25, 0.3) is 5.91 Å². The molecule has 0 saturated carbocycles. The molecule has 0 aliphatic heterocycles. The summed E-state index contributed by atoms with van der Waals surface area (Å²) in [5.41, 5.74) is 0.860. The van der Waals surface area contributed by atoms with Crippen LogP contribution in [0.5, 0.6) is 0 Å². The van der Waals surface area contributed by atoms with Gasteiger partial charge >= 0.3 is 12.4 Å². The third-order valence-corrected chi connectivity index (χ3v) is 5.05. The van der Waals surface area contributed by atoms with Gasteiger partial charge in [0, 0.05) is 23.7 Å². The van der Waals surface area contributed by atoms with E-state index >= 15 is 0 Å². The van der Waals surface area contributed by atoms with Crippen molar-refractivity contribution >= 4 is 28.0 Å². The number of fused-ring (bicyclic) bond motifs is 3. The van der Waals surface area contributed by atoms with Gasteiger partial charge in [0.1, 0.15) is 5.52 Å². The minimum absolute atomic E-state index is 0.00833. The molecule has 1 unspecified atom stereocenters. The number of benzene rings is 2. The fraction of sp³-hybridized carbons (Fsp3) is 0.250.